The number of nitrogens with one attached hydrogen (secondary N) is 2. The van der Waals surface area contributed by atoms with E-state index in [0.717, 1.165) is 36.8 Å². The van der Waals surface area contributed by atoms with Gasteiger partial charge in [-0.05, 0) is 43.5 Å². The number of fused-ring (bicyclic) bond motifs is 1. The lowest BCUT2D eigenvalue weighted by atomic mass is 9.96. The smallest absolute Gasteiger partial charge is 0.270 e. The SMILES string of the molecule is CCN(C(=O)c1cc2ncccc2[nH]1)[C@H]1CCC=C(NCc2ccccc2)C1. The van der Waals surface area contributed by atoms with Crippen molar-refractivity contribution in [2.24, 2.45) is 0 Å². The van der Waals surface area contributed by atoms with Gasteiger partial charge in [0, 0.05) is 37.4 Å². The molecule has 1 amide bonds. The third-order valence-corrected chi connectivity index (χ3v) is 5.37. The van der Waals surface area contributed by atoms with Gasteiger partial charge in [-0.25, -0.2) is 0 Å². The molecule has 3 aromatic rings. The molecule has 0 spiro atoms. The highest BCUT2D eigenvalue weighted by atomic mass is 16.2. The summed E-state index contributed by atoms with van der Waals surface area (Å²) in [5.74, 6) is 0.0507. The lowest BCUT2D eigenvalue weighted by molar-refractivity contribution is 0.0669. The van der Waals surface area contributed by atoms with Gasteiger partial charge in [-0.3, -0.25) is 9.78 Å². The van der Waals surface area contributed by atoms with Crippen LogP contribution in [0.2, 0.25) is 0 Å². The van der Waals surface area contributed by atoms with Crippen molar-refractivity contribution in [3.8, 4) is 0 Å². The van der Waals surface area contributed by atoms with Gasteiger partial charge in [-0.15, -0.1) is 0 Å². The Morgan fingerprint density at radius 2 is 2.11 bits per heavy atom. The van der Waals surface area contributed by atoms with Crippen LogP contribution in [0.1, 0.15) is 42.2 Å². The zero-order valence-corrected chi connectivity index (χ0v) is 16.2. The Balaban J connectivity index is 1.44. The highest BCUT2D eigenvalue weighted by Crippen LogP contribution is 2.24. The molecule has 1 aliphatic carbocycles. The number of hydrogen-bond donors (Lipinski definition) is 2. The Morgan fingerprint density at radius 3 is 2.89 bits per heavy atom. The van der Waals surface area contributed by atoms with Crippen LogP contribution in [-0.4, -0.2) is 33.4 Å². The summed E-state index contributed by atoms with van der Waals surface area (Å²) in [4.78, 5) is 22.7. The first-order valence-corrected chi connectivity index (χ1v) is 9.96. The lowest BCUT2D eigenvalue weighted by Gasteiger charge is -2.34. The van der Waals surface area contributed by atoms with Crippen LogP contribution in [0.5, 0.6) is 0 Å². The highest BCUT2D eigenvalue weighted by Gasteiger charge is 2.27. The van der Waals surface area contributed by atoms with Crippen molar-refractivity contribution in [1.82, 2.24) is 20.2 Å². The van der Waals surface area contributed by atoms with Gasteiger partial charge in [-0.1, -0.05) is 36.4 Å². The summed E-state index contributed by atoms with van der Waals surface area (Å²) in [7, 11) is 0. The standard InChI is InChI=1S/C23H26N4O/c1-2-27(23(28)22-15-21-20(26-22)12-7-13-24-21)19-11-6-10-18(14-19)25-16-17-8-4-3-5-9-17/h3-5,7-10,12-13,15,19,25-26H,2,6,11,14,16H2,1H3/t19-/m0/s1. The van der Waals surface area contributed by atoms with Gasteiger partial charge >= 0.3 is 0 Å². The van der Waals surface area contributed by atoms with Crippen molar-refractivity contribution >= 4 is 16.9 Å². The normalized spacial score (nSPS) is 16.6. The maximum atomic E-state index is 13.2. The molecule has 0 fully saturated rings. The number of allylic oxidation sites excluding steroid dienone is 1. The van der Waals surface area contributed by atoms with Crippen LogP contribution in [0, 0.1) is 0 Å². The molecular weight excluding hydrogens is 348 g/mol. The van der Waals surface area contributed by atoms with Crippen LogP contribution < -0.4 is 5.32 Å². The maximum absolute atomic E-state index is 13.2. The lowest BCUT2D eigenvalue weighted by Crippen LogP contribution is -2.42. The second kappa shape index (κ2) is 8.30. The Bertz CT molecular complexity index is 943. The van der Waals surface area contributed by atoms with Gasteiger partial charge in [0.15, 0.2) is 0 Å². The third-order valence-electron chi connectivity index (χ3n) is 5.37. The Kier molecular flexibility index (Phi) is 5.42. The first-order chi connectivity index (χ1) is 13.7. The molecule has 0 radical (unpaired) electrons. The van der Waals surface area contributed by atoms with Crippen molar-refractivity contribution in [2.75, 3.05) is 6.54 Å². The molecule has 2 N–H and O–H groups in total. The number of H-pyrrole nitrogens is 1. The molecule has 0 saturated carbocycles. The van der Waals surface area contributed by atoms with Crippen molar-refractivity contribution in [2.45, 2.75) is 38.8 Å². The molecule has 5 heteroatoms. The van der Waals surface area contributed by atoms with Gasteiger partial charge in [0.25, 0.3) is 5.91 Å². The Morgan fingerprint density at radius 1 is 1.25 bits per heavy atom. The molecule has 0 aliphatic heterocycles. The summed E-state index contributed by atoms with van der Waals surface area (Å²) >= 11 is 0. The molecule has 1 atom stereocenters. The average molecular weight is 374 g/mol. The van der Waals surface area contributed by atoms with E-state index in [9.17, 15) is 4.79 Å². The van der Waals surface area contributed by atoms with E-state index in [1.807, 2.05) is 36.1 Å². The summed E-state index contributed by atoms with van der Waals surface area (Å²) in [6.45, 7) is 3.56. The first-order valence-electron chi connectivity index (χ1n) is 9.96. The summed E-state index contributed by atoms with van der Waals surface area (Å²) in [6, 6.07) is 16.3. The minimum absolute atomic E-state index is 0.0507. The van der Waals surface area contributed by atoms with E-state index < -0.39 is 0 Å². The molecule has 1 aromatic carbocycles. The molecule has 2 heterocycles. The molecule has 5 nitrogen and oxygen atoms in total. The average Bonchev–Trinajstić information content (AvgIpc) is 3.18. The summed E-state index contributed by atoms with van der Waals surface area (Å²) in [5, 5.41) is 3.55. The molecular formula is C23H26N4O. The van der Waals surface area contributed by atoms with Gasteiger partial charge in [0.1, 0.15) is 5.69 Å². The number of benzene rings is 1. The van der Waals surface area contributed by atoms with Crippen molar-refractivity contribution in [3.05, 3.63) is 77.8 Å². The minimum atomic E-state index is 0.0507. The van der Waals surface area contributed by atoms with Crippen molar-refractivity contribution < 1.29 is 4.79 Å². The quantitative estimate of drug-likeness (QED) is 0.678. The number of aromatic nitrogens is 2. The van der Waals surface area contributed by atoms with Crippen LogP contribution in [0.4, 0.5) is 0 Å². The van der Waals surface area contributed by atoms with E-state index in [1.54, 1.807) is 6.20 Å². The zero-order valence-electron chi connectivity index (χ0n) is 16.2. The van der Waals surface area contributed by atoms with Crippen LogP contribution in [0.25, 0.3) is 11.0 Å². The fraction of sp³-hybridized carbons (Fsp3) is 0.304. The second-order valence-corrected chi connectivity index (χ2v) is 7.21. The molecule has 4 rings (SSSR count). The van der Waals surface area contributed by atoms with Crippen LogP contribution in [0.15, 0.2) is 66.5 Å². The number of nitrogens with zero attached hydrogens (tertiary/aromatic N) is 2. The largest absolute Gasteiger partial charge is 0.384 e. The zero-order chi connectivity index (χ0) is 19.3. The Hall–Kier alpha value is -3.08. The fourth-order valence-electron chi connectivity index (χ4n) is 3.90. The summed E-state index contributed by atoms with van der Waals surface area (Å²) in [6.07, 6.45) is 6.86. The van der Waals surface area contributed by atoms with E-state index in [1.165, 1.54) is 11.3 Å². The van der Waals surface area contributed by atoms with Gasteiger partial charge in [0.05, 0.1) is 11.0 Å². The molecule has 144 valence electrons. The predicted molar refractivity (Wildman–Crippen MR) is 112 cm³/mol. The van der Waals surface area contributed by atoms with E-state index >= 15 is 0 Å². The number of pyridine rings is 1. The molecule has 2 aromatic heterocycles. The van der Waals surface area contributed by atoms with Gasteiger partial charge < -0.3 is 15.2 Å². The topological polar surface area (TPSA) is 61.0 Å². The maximum Gasteiger partial charge on any atom is 0.270 e. The van der Waals surface area contributed by atoms with E-state index in [-0.39, 0.29) is 11.9 Å². The monoisotopic (exact) mass is 374 g/mol. The Labute approximate surface area is 165 Å². The van der Waals surface area contributed by atoms with E-state index in [0.29, 0.717) is 12.2 Å². The van der Waals surface area contributed by atoms with E-state index in [2.05, 4.69) is 45.6 Å². The summed E-state index contributed by atoms with van der Waals surface area (Å²) in [5.41, 5.74) is 4.83. The number of rotatable bonds is 6. The number of carbonyl (C=O) groups is 1. The number of aromatic amines is 1. The molecule has 1 aliphatic rings. The summed E-state index contributed by atoms with van der Waals surface area (Å²) < 4.78 is 0. The number of carbonyl (C=O) groups excluding carboxylic acids is 1. The second-order valence-electron chi connectivity index (χ2n) is 7.21. The van der Waals surface area contributed by atoms with Gasteiger partial charge in [0.2, 0.25) is 0 Å². The van der Waals surface area contributed by atoms with E-state index in [4.69, 9.17) is 0 Å². The molecule has 0 saturated heterocycles. The predicted octanol–water partition coefficient (Wildman–Crippen LogP) is 4.25. The van der Waals surface area contributed by atoms with Crippen LogP contribution in [0.3, 0.4) is 0 Å². The molecule has 0 bridgehead atoms. The fourth-order valence-corrected chi connectivity index (χ4v) is 3.90. The van der Waals surface area contributed by atoms with Crippen molar-refractivity contribution in [3.63, 3.8) is 0 Å². The molecule has 28 heavy (non-hydrogen) atoms. The number of amides is 1. The van der Waals surface area contributed by atoms with Crippen LogP contribution in [-0.2, 0) is 6.54 Å². The highest BCUT2D eigenvalue weighted by molar-refractivity contribution is 5.97. The van der Waals surface area contributed by atoms with Gasteiger partial charge in [-0.2, -0.15) is 0 Å². The van der Waals surface area contributed by atoms with Crippen LogP contribution >= 0.6 is 0 Å². The van der Waals surface area contributed by atoms with Crippen molar-refractivity contribution in [1.29, 1.82) is 0 Å². The minimum Gasteiger partial charge on any atom is -0.384 e. The number of hydrogen-bond acceptors (Lipinski definition) is 3. The molecule has 0 unspecified atom stereocenters. The first kappa shape index (κ1) is 18.3. The third kappa shape index (κ3) is 3.93.